The highest BCUT2D eigenvalue weighted by Gasteiger charge is 2.24. The summed E-state index contributed by atoms with van der Waals surface area (Å²) in [5.41, 5.74) is 4.22. The van der Waals surface area contributed by atoms with Gasteiger partial charge < -0.3 is 15.3 Å². The Bertz CT molecular complexity index is 1240. The van der Waals surface area contributed by atoms with Gasteiger partial charge in [-0.15, -0.1) is 0 Å². The van der Waals surface area contributed by atoms with E-state index in [0.29, 0.717) is 17.7 Å². The van der Waals surface area contributed by atoms with Crippen LogP contribution < -0.4 is 5.32 Å². The van der Waals surface area contributed by atoms with Gasteiger partial charge in [-0.1, -0.05) is 58.1 Å². The van der Waals surface area contributed by atoms with E-state index in [4.69, 9.17) is 4.98 Å². The highest BCUT2D eigenvalue weighted by atomic mass is 16.3. The average Bonchev–Trinajstić information content (AvgIpc) is 3.30. The molecule has 0 unspecified atom stereocenters. The summed E-state index contributed by atoms with van der Waals surface area (Å²) in [6.45, 7) is 11.6. The van der Waals surface area contributed by atoms with Crippen LogP contribution in [0.1, 0.15) is 65.4 Å². The monoisotopic (exact) mass is 503 g/mol. The molecule has 2 aromatic heterocycles. The molecular weight excluding hydrogens is 462 g/mol. The van der Waals surface area contributed by atoms with Crippen LogP contribution in [-0.2, 0) is 4.79 Å². The average molecular weight is 504 g/mol. The number of fused-ring (bicyclic) bond motifs is 1. The van der Waals surface area contributed by atoms with E-state index in [1.165, 1.54) is 0 Å². The molecule has 0 saturated carbocycles. The Labute approximate surface area is 220 Å². The molecule has 1 saturated heterocycles. The number of anilines is 1. The third kappa shape index (κ3) is 7.00. The lowest BCUT2D eigenvalue weighted by molar-refractivity contribution is -0.131. The number of rotatable bonds is 8. The number of para-hydroxylation sites is 1. The van der Waals surface area contributed by atoms with Crippen LogP contribution in [0.15, 0.2) is 60.3 Å². The van der Waals surface area contributed by atoms with E-state index < -0.39 is 0 Å². The molecule has 37 heavy (non-hydrogen) atoms. The van der Waals surface area contributed by atoms with Crippen molar-refractivity contribution >= 4 is 17.4 Å². The maximum absolute atomic E-state index is 12.9. The van der Waals surface area contributed by atoms with Crippen LogP contribution in [0, 0.1) is 6.92 Å². The number of aromatic hydroxyl groups is 1. The number of carbonyl (C=O) groups is 1. The van der Waals surface area contributed by atoms with Gasteiger partial charge in [-0.25, -0.2) is 4.98 Å². The van der Waals surface area contributed by atoms with Crippen molar-refractivity contribution in [1.29, 1.82) is 0 Å². The smallest absolute Gasteiger partial charge is 0.226 e. The third-order valence-corrected chi connectivity index (χ3v) is 6.42. The van der Waals surface area contributed by atoms with Crippen molar-refractivity contribution < 1.29 is 9.90 Å². The molecule has 0 spiro atoms. The Morgan fingerprint density at radius 1 is 1.16 bits per heavy atom. The molecule has 1 amide bonds. The van der Waals surface area contributed by atoms with Gasteiger partial charge in [0.25, 0.3) is 0 Å². The number of nitrogens with zero attached hydrogens (tertiary/aromatic N) is 4. The number of allylic oxidation sites excluding steroid dienone is 3. The van der Waals surface area contributed by atoms with Gasteiger partial charge in [-0.2, -0.15) is 9.61 Å². The quantitative estimate of drug-likeness (QED) is 0.341. The number of hydrogen-bond acceptors (Lipinski definition) is 5. The molecule has 1 aliphatic heterocycles. The fourth-order valence-corrected chi connectivity index (χ4v) is 4.50. The predicted octanol–water partition coefficient (Wildman–Crippen LogP) is 6.53. The van der Waals surface area contributed by atoms with E-state index in [-0.39, 0.29) is 17.7 Å². The number of aromatic nitrogens is 3. The van der Waals surface area contributed by atoms with E-state index in [1.54, 1.807) is 18.3 Å². The van der Waals surface area contributed by atoms with Crippen molar-refractivity contribution in [2.75, 3.05) is 18.4 Å². The van der Waals surface area contributed by atoms with Gasteiger partial charge in [0.2, 0.25) is 5.91 Å². The zero-order valence-electron chi connectivity index (χ0n) is 22.9. The molecule has 1 fully saturated rings. The Hall–Kier alpha value is -3.61. The van der Waals surface area contributed by atoms with Gasteiger partial charge in [0, 0.05) is 36.3 Å². The Morgan fingerprint density at radius 3 is 2.57 bits per heavy atom. The molecule has 7 heteroatoms. The first kappa shape index (κ1) is 28.0. The van der Waals surface area contributed by atoms with Crippen molar-refractivity contribution in [2.24, 2.45) is 0 Å². The number of carbonyl (C=O) groups excluding carboxylic acids is 1. The number of nitrogens with one attached hydrogen (secondary N) is 1. The summed E-state index contributed by atoms with van der Waals surface area (Å²) in [6.07, 6.45) is 12.2. The normalized spacial score (nSPS) is 14.6. The van der Waals surface area contributed by atoms with Crippen LogP contribution >= 0.6 is 0 Å². The maximum atomic E-state index is 12.9. The molecule has 3 heterocycles. The van der Waals surface area contributed by atoms with Gasteiger partial charge in [-0.05, 0) is 50.3 Å². The van der Waals surface area contributed by atoms with Crippen molar-refractivity contribution in [3.05, 3.63) is 65.9 Å². The van der Waals surface area contributed by atoms with Crippen molar-refractivity contribution in [2.45, 2.75) is 72.8 Å². The highest BCUT2D eigenvalue weighted by molar-refractivity contribution is 5.79. The lowest BCUT2D eigenvalue weighted by Crippen LogP contribution is -2.42. The molecule has 0 bridgehead atoms. The van der Waals surface area contributed by atoms with Gasteiger partial charge in [0.05, 0.1) is 18.3 Å². The molecule has 2 N–H and O–H groups in total. The van der Waals surface area contributed by atoms with E-state index in [1.807, 2.05) is 48.4 Å². The van der Waals surface area contributed by atoms with E-state index in [9.17, 15) is 9.90 Å². The number of amides is 1. The second-order valence-corrected chi connectivity index (χ2v) is 9.08. The molecular formula is C30H41N5O2. The van der Waals surface area contributed by atoms with Crippen molar-refractivity contribution in [3.8, 4) is 17.0 Å². The Morgan fingerprint density at radius 2 is 1.89 bits per heavy atom. The number of phenolic OH excluding ortho intramolecular Hbond substituents is 1. The lowest BCUT2D eigenvalue weighted by Gasteiger charge is -2.33. The van der Waals surface area contributed by atoms with Crippen LogP contribution in [0.25, 0.3) is 16.9 Å². The number of phenols is 1. The number of benzene rings is 1. The minimum atomic E-state index is 0.194. The zero-order valence-corrected chi connectivity index (χ0v) is 22.9. The largest absolute Gasteiger partial charge is 0.507 e. The Balaban J connectivity index is 0.00000186. The van der Waals surface area contributed by atoms with Crippen LogP contribution in [0.5, 0.6) is 5.75 Å². The molecule has 4 rings (SSSR count). The third-order valence-electron chi connectivity index (χ3n) is 6.42. The summed E-state index contributed by atoms with van der Waals surface area (Å²) >= 11 is 0. The molecule has 3 aromatic rings. The summed E-state index contributed by atoms with van der Waals surface area (Å²) in [5.74, 6) is 1.23. The topological polar surface area (TPSA) is 82.8 Å². The van der Waals surface area contributed by atoms with E-state index in [2.05, 4.69) is 42.5 Å². The minimum Gasteiger partial charge on any atom is -0.507 e. The number of piperidine rings is 1. The first-order valence-corrected chi connectivity index (χ1v) is 13.5. The second-order valence-electron chi connectivity index (χ2n) is 9.08. The molecule has 1 aliphatic rings. The van der Waals surface area contributed by atoms with Crippen LogP contribution in [-0.4, -0.2) is 49.6 Å². The van der Waals surface area contributed by atoms with E-state index >= 15 is 0 Å². The Kier molecular flexibility index (Phi) is 10.3. The fourth-order valence-electron chi connectivity index (χ4n) is 4.50. The minimum absolute atomic E-state index is 0.194. The lowest BCUT2D eigenvalue weighted by atomic mass is 10.0. The highest BCUT2D eigenvalue weighted by Crippen LogP contribution is 2.30. The SMILES string of the molecule is CC.CC/C=C\C(=C/CC)CC(=O)N1CCC(Nc2cc(-c3ccccc3O)nc3c(C)cnn23)CC1. The standard InChI is InChI=1S/C28H35N5O2.C2H6/c1-4-6-10-21(9-5-2)17-27(35)32-15-13-22(14-16-32)30-26-18-24(23-11-7-8-12-25(23)34)31-28-20(3)19-29-33(26)28;1-2/h6-12,18-19,22,30,34H,4-5,13-17H2,1-3H3;1-2H3/b10-6-,21-9+;. The van der Waals surface area contributed by atoms with Gasteiger partial charge in [0.1, 0.15) is 11.6 Å². The molecule has 0 radical (unpaired) electrons. The fraction of sp³-hybridized carbons (Fsp3) is 0.433. The van der Waals surface area contributed by atoms with Gasteiger partial charge in [-0.3, -0.25) is 4.79 Å². The van der Waals surface area contributed by atoms with E-state index in [0.717, 1.165) is 61.4 Å². The molecule has 198 valence electrons. The zero-order chi connectivity index (χ0) is 26.8. The first-order valence-electron chi connectivity index (χ1n) is 13.5. The van der Waals surface area contributed by atoms with Crippen LogP contribution in [0.4, 0.5) is 5.82 Å². The van der Waals surface area contributed by atoms with Gasteiger partial charge in [0.15, 0.2) is 5.65 Å². The van der Waals surface area contributed by atoms with Crippen LogP contribution in [0.3, 0.4) is 0 Å². The molecule has 7 nitrogen and oxygen atoms in total. The summed E-state index contributed by atoms with van der Waals surface area (Å²) in [7, 11) is 0. The van der Waals surface area contributed by atoms with Crippen LogP contribution in [0.2, 0.25) is 0 Å². The summed E-state index contributed by atoms with van der Waals surface area (Å²) in [4.78, 5) is 19.6. The number of aryl methyl sites for hydroxylation is 1. The second kappa shape index (κ2) is 13.6. The molecule has 0 atom stereocenters. The van der Waals surface area contributed by atoms with Crippen molar-refractivity contribution in [1.82, 2.24) is 19.5 Å². The van der Waals surface area contributed by atoms with Gasteiger partial charge >= 0.3 is 0 Å². The molecule has 1 aromatic carbocycles. The summed E-state index contributed by atoms with van der Waals surface area (Å²) < 4.78 is 1.82. The molecule has 0 aliphatic carbocycles. The summed E-state index contributed by atoms with van der Waals surface area (Å²) in [5, 5.41) is 18.5. The van der Waals surface area contributed by atoms with Crippen molar-refractivity contribution in [3.63, 3.8) is 0 Å². The number of likely N-dealkylation sites (tertiary alicyclic amines) is 1. The first-order chi connectivity index (χ1) is 18.0. The predicted molar refractivity (Wildman–Crippen MR) is 152 cm³/mol. The number of hydrogen-bond donors (Lipinski definition) is 2. The maximum Gasteiger partial charge on any atom is 0.226 e. The summed E-state index contributed by atoms with van der Waals surface area (Å²) in [6, 6.07) is 9.39.